The average Bonchev–Trinajstić information content (AvgIpc) is 3.13. The Kier molecular flexibility index (Phi) is 4.99. The number of carbonyl (C=O) groups excluding carboxylic acids is 1. The van der Waals surface area contributed by atoms with E-state index in [9.17, 15) is 13.6 Å². The molecule has 2 aromatic rings. The summed E-state index contributed by atoms with van der Waals surface area (Å²) < 4.78 is 35.5. The normalized spacial score (nSPS) is 17.8. The second-order valence-electron chi connectivity index (χ2n) is 5.10. The number of fused-ring (bicyclic) bond motifs is 1. The monoisotopic (exact) mass is 361 g/mol. The van der Waals surface area contributed by atoms with Gasteiger partial charge < -0.3 is 14.8 Å². The first-order valence-corrected chi connectivity index (χ1v) is 8.31. The van der Waals surface area contributed by atoms with Crippen LogP contribution in [0, 0.1) is 0 Å². The van der Waals surface area contributed by atoms with Crippen molar-refractivity contribution in [3.8, 4) is 5.75 Å². The van der Waals surface area contributed by atoms with Crippen LogP contribution in [-0.4, -0.2) is 31.8 Å². The summed E-state index contributed by atoms with van der Waals surface area (Å²) in [6.45, 7) is -1.84. The number of alkyl halides is 2. The van der Waals surface area contributed by atoms with E-state index in [1.165, 1.54) is 6.07 Å². The molecule has 1 aliphatic heterocycles. The minimum Gasteiger partial charge on any atom is -0.434 e. The first-order chi connectivity index (χ1) is 11.1. The van der Waals surface area contributed by atoms with Crippen LogP contribution >= 0.6 is 22.9 Å². The zero-order valence-corrected chi connectivity index (χ0v) is 13.6. The number of rotatable bonds is 5. The van der Waals surface area contributed by atoms with E-state index >= 15 is 0 Å². The molecular formula is C15H14ClF2NO3S. The van der Waals surface area contributed by atoms with Gasteiger partial charge in [0, 0.05) is 17.9 Å². The topological polar surface area (TPSA) is 47.6 Å². The predicted octanol–water partition coefficient (Wildman–Crippen LogP) is 4.06. The Morgan fingerprint density at radius 2 is 2.35 bits per heavy atom. The van der Waals surface area contributed by atoms with Crippen LogP contribution < -0.4 is 10.1 Å². The van der Waals surface area contributed by atoms with Gasteiger partial charge in [-0.3, -0.25) is 4.79 Å². The zero-order chi connectivity index (χ0) is 16.4. The quantitative estimate of drug-likeness (QED) is 0.873. The molecule has 1 N–H and O–H groups in total. The largest absolute Gasteiger partial charge is 0.434 e. The number of hydrogen-bond acceptors (Lipinski definition) is 4. The molecule has 124 valence electrons. The molecule has 1 aromatic carbocycles. The van der Waals surface area contributed by atoms with E-state index in [1.54, 1.807) is 12.1 Å². The molecule has 1 aliphatic rings. The highest BCUT2D eigenvalue weighted by molar-refractivity contribution is 7.21. The Hall–Kier alpha value is -1.44. The summed E-state index contributed by atoms with van der Waals surface area (Å²) >= 11 is 7.38. The van der Waals surface area contributed by atoms with Gasteiger partial charge in [0.05, 0.1) is 16.5 Å². The van der Waals surface area contributed by atoms with Crippen molar-refractivity contribution >= 4 is 38.9 Å². The van der Waals surface area contributed by atoms with Crippen LogP contribution in [0.4, 0.5) is 8.78 Å². The van der Waals surface area contributed by atoms with Crippen molar-refractivity contribution in [1.82, 2.24) is 5.32 Å². The average molecular weight is 362 g/mol. The molecule has 2 heterocycles. The summed E-state index contributed by atoms with van der Waals surface area (Å²) in [5.74, 6) is -0.369. The minimum absolute atomic E-state index is 0.0184. The molecule has 0 spiro atoms. The van der Waals surface area contributed by atoms with E-state index in [4.69, 9.17) is 16.3 Å². The SMILES string of the molecule is O=C(NC[C@@H]1CCCO1)c1sc2cccc(OC(F)F)c2c1Cl. The lowest BCUT2D eigenvalue weighted by molar-refractivity contribution is -0.0487. The Morgan fingerprint density at radius 1 is 1.52 bits per heavy atom. The zero-order valence-electron chi connectivity index (χ0n) is 12.0. The maximum atomic E-state index is 12.5. The van der Waals surface area contributed by atoms with Gasteiger partial charge >= 0.3 is 6.61 Å². The van der Waals surface area contributed by atoms with Gasteiger partial charge in [-0.15, -0.1) is 11.3 Å². The van der Waals surface area contributed by atoms with Gasteiger partial charge in [0.1, 0.15) is 10.6 Å². The number of ether oxygens (including phenoxy) is 2. The summed E-state index contributed by atoms with van der Waals surface area (Å²) in [5.41, 5.74) is 0. The molecule has 8 heteroatoms. The smallest absolute Gasteiger partial charge is 0.387 e. The Balaban J connectivity index is 1.83. The van der Waals surface area contributed by atoms with E-state index in [0.29, 0.717) is 23.2 Å². The van der Waals surface area contributed by atoms with E-state index in [-0.39, 0.29) is 27.7 Å². The number of nitrogens with one attached hydrogen (secondary N) is 1. The van der Waals surface area contributed by atoms with Crippen LogP contribution in [0.2, 0.25) is 5.02 Å². The summed E-state index contributed by atoms with van der Waals surface area (Å²) in [4.78, 5) is 12.6. The maximum absolute atomic E-state index is 12.5. The predicted molar refractivity (Wildman–Crippen MR) is 84.8 cm³/mol. The Labute approximate surface area is 140 Å². The fraction of sp³-hybridized carbons (Fsp3) is 0.400. The fourth-order valence-corrected chi connectivity index (χ4v) is 3.99. The lowest BCUT2D eigenvalue weighted by Gasteiger charge is -2.10. The highest BCUT2D eigenvalue weighted by atomic mass is 35.5. The van der Waals surface area contributed by atoms with Crippen LogP contribution in [-0.2, 0) is 4.74 Å². The van der Waals surface area contributed by atoms with Crippen LogP contribution in [0.1, 0.15) is 22.5 Å². The number of amides is 1. The molecule has 23 heavy (non-hydrogen) atoms. The molecule has 1 saturated heterocycles. The van der Waals surface area contributed by atoms with E-state index in [2.05, 4.69) is 10.1 Å². The Morgan fingerprint density at radius 3 is 3.04 bits per heavy atom. The number of thiophene rings is 1. The number of carbonyl (C=O) groups is 1. The van der Waals surface area contributed by atoms with Crippen molar-refractivity contribution < 1.29 is 23.0 Å². The van der Waals surface area contributed by atoms with Crippen molar-refractivity contribution in [3.05, 3.63) is 28.1 Å². The van der Waals surface area contributed by atoms with Crippen molar-refractivity contribution in [2.75, 3.05) is 13.2 Å². The van der Waals surface area contributed by atoms with Crippen LogP contribution in [0.3, 0.4) is 0 Å². The third-order valence-electron chi connectivity index (χ3n) is 3.56. The van der Waals surface area contributed by atoms with Crippen LogP contribution in [0.5, 0.6) is 5.75 Å². The summed E-state index contributed by atoms with van der Waals surface area (Å²) in [6.07, 6.45) is 1.91. The van der Waals surface area contributed by atoms with Gasteiger partial charge in [0.15, 0.2) is 0 Å². The van der Waals surface area contributed by atoms with E-state index in [0.717, 1.165) is 24.2 Å². The van der Waals surface area contributed by atoms with Gasteiger partial charge in [0.25, 0.3) is 5.91 Å². The molecule has 1 aromatic heterocycles. The molecule has 4 nitrogen and oxygen atoms in total. The van der Waals surface area contributed by atoms with Crippen LogP contribution in [0.25, 0.3) is 10.1 Å². The van der Waals surface area contributed by atoms with Gasteiger partial charge in [-0.25, -0.2) is 0 Å². The lowest BCUT2D eigenvalue weighted by Crippen LogP contribution is -2.31. The number of benzene rings is 1. The molecule has 0 bridgehead atoms. The molecular weight excluding hydrogens is 348 g/mol. The highest BCUT2D eigenvalue weighted by Crippen LogP contribution is 2.41. The van der Waals surface area contributed by atoms with E-state index in [1.807, 2.05) is 0 Å². The number of halogens is 3. The molecule has 1 amide bonds. The standard InChI is InChI=1S/C15H14ClF2NO3S/c16-12-11-9(22-15(17)18)4-1-5-10(11)23-13(12)14(20)19-7-8-3-2-6-21-8/h1,4-5,8,15H,2-3,6-7H2,(H,19,20)/t8-/m0/s1. The van der Waals surface area contributed by atoms with Gasteiger partial charge in [0.2, 0.25) is 0 Å². The molecule has 0 unspecified atom stereocenters. The van der Waals surface area contributed by atoms with E-state index < -0.39 is 6.61 Å². The third kappa shape index (κ3) is 3.57. The fourth-order valence-electron chi connectivity index (χ4n) is 2.51. The lowest BCUT2D eigenvalue weighted by atomic mass is 10.2. The third-order valence-corrected chi connectivity index (χ3v) is 5.20. The summed E-state index contributed by atoms with van der Waals surface area (Å²) in [7, 11) is 0. The van der Waals surface area contributed by atoms with Crippen LogP contribution in [0.15, 0.2) is 18.2 Å². The molecule has 0 aliphatic carbocycles. The summed E-state index contributed by atoms with van der Waals surface area (Å²) in [5, 5.41) is 3.24. The first-order valence-electron chi connectivity index (χ1n) is 7.12. The first kappa shape index (κ1) is 16.4. The molecule has 3 rings (SSSR count). The second kappa shape index (κ2) is 6.98. The molecule has 0 radical (unpaired) electrons. The van der Waals surface area contributed by atoms with Gasteiger partial charge in [-0.1, -0.05) is 17.7 Å². The van der Waals surface area contributed by atoms with Crippen molar-refractivity contribution in [3.63, 3.8) is 0 Å². The Bertz CT molecular complexity index is 716. The van der Waals surface area contributed by atoms with Crippen molar-refractivity contribution in [1.29, 1.82) is 0 Å². The second-order valence-corrected chi connectivity index (χ2v) is 6.53. The number of hydrogen-bond donors (Lipinski definition) is 1. The van der Waals surface area contributed by atoms with Crippen molar-refractivity contribution in [2.24, 2.45) is 0 Å². The molecule has 0 saturated carbocycles. The van der Waals surface area contributed by atoms with Gasteiger partial charge in [-0.2, -0.15) is 8.78 Å². The maximum Gasteiger partial charge on any atom is 0.387 e. The molecule has 1 fully saturated rings. The van der Waals surface area contributed by atoms with Gasteiger partial charge in [-0.05, 0) is 25.0 Å². The van der Waals surface area contributed by atoms with Crippen molar-refractivity contribution in [2.45, 2.75) is 25.6 Å². The highest BCUT2D eigenvalue weighted by Gasteiger charge is 2.22. The minimum atomic E-state index is -2.95. The summed E-state index contributed by atoms with van der Waals surface area (Å²) in [6, 6.07) is 4.70. The molecule has 1 atom stereocenters.